The van der Waals surface area contributed by atoms with E-state index in [9.17, 15) is 0 Å². The molecule has 0 saturated heterocycles. The van der Waals surface area contributed by atoms with Crippen molar-refractivity contribution < 1.29 is 0 Å². The minimum absolute atomic E-state index is 0.133. The van der Waals surface area contributed by atoms with Gasteiger partial charge in [0.2, 0.25) is 0 Å². The maximum absolute atomic E-state index is 5.66. The zero-order valence-corrected chi connectivity index (χ0v) is 5.59. The van der Waals surface area contributed by atoms with Gasteiger partial charge in [0, 0.05) is 0 Å². The van der Waals surface area contributed by atoms with E-state index in [2.05, 4.69) is 0 Å². The molecule has 1 saturated carbocycles. The summed E-state index contributed by atoms with van der Waals surface area (Å²) >= 11 is 0. The largest absolute Gasteiger partial charge is 0.0827 e. The van der Waals surface area contributed by atoms with Gasteiger partial charge in [-0.25, -0.2) is 0 Å². The van der Waals surface area contributed by atoms with E-state index in [1.165, 1.54) is 0 Å². The second-order valence-corrected chi connectivity index (χ2v) is 2.90. The van der Waals surface area contributed by atoms with Gasteiger partial charge in [0.25, 0.3) is 0 Å². The van der Waals surface area contributed by atoms with E-state index in [0.29, 0.717) is 5.82 Å². The summed E-state index contributed by atoms with van der Waals surface area (Å²) < 4.78 is 0. The molecule has 1 aliphatic carbocycles. The van der Waals surface area contributed by atoms with E-state index in [4.69, 9.17) is 23.5 Å². The van der Waals surface area contributed by atoms with Gasteiger partial charge in [-0.2, -0.15) is 0 Å². The highest BCUT2D eigenvalue weighted by Crippen LogP contribution is 2.39. The average Bonchev–Trinajstić information content (AvgIpc) is 1.80. The van der Waals surface area contributed by atoms with Crippen molar-refractivity contribution in [2.24, 2.45) is 0 Å². The van der Waals surface area contributed by atoms with E-state index in [1.54, 1.807) is 0 Å². The predicted molar refractivity (Wildman–Crippen MR) is 42.4 cm³/mol. The van der Waals surface area contributed by atoms with Crippen LogP contribution in [0, 0.1) is 0 Å². The molecule has 1 aliphatic rings. The molecule has 1 rings (SSSR count). The summed E-state index contributed by atoms with van der Waals surface area (Å²) in [6.45, 7) is 0. The van der Waals surface area contributed by atoms with Crippen LogP contribution in [0.25, 0.3) is 0 Å². The minimum Gasteiger partial charge on any atom is -0.0827 e. The summed E-state index contributed by atoms with van der Waals surface area (Å²) in [4.78, 5) is 0. The molecule has 0 nitrogen and oxygen atoms in total. The molecule has 1 fully saturated rings. The van der Waals surface area contributed by atoms with E-state index in [1.807, 2.05) is 0 Å². The van der Waals surface area contributed by atoms with Gasteiger partial charge in [-0.1, -0.05) is 36.7 Å². The Labute approximate surface area is 61.0 Å². The normalized spacial score (nSPS) is 44.7. The molecule has 0 heterocycles. The summed E-state index contributed by atoms with van der Waals surface area (Å²) in [5.41, 5.74) is 0. The summed E-state index contributed by atoms with van der Waals surface area (Å²) in [5, 5.41) is 0. The SMILES string of the molecule is [B]C1CCC([B])C([B])C1. The number of rotatable bonds is 0. The molecule has 0 aromatic rings. The number of hydrogen-bond donors (Lipinski definition) is 0. The third-order valence-corrected chi connectivity index (χ3v) is 2.00. The molecule has 6 radical (unpaired) electrons. The molecule has 0 aromatic heterocycles. The van der Waals surface area contributed by atoms with Crippen molar-refractivity contribution in [3.05, 3.63) is 0 Å². The quantitative estimate of drug-likeness (QED) is 0.412. The van der Waals surface area contributed by atoms with Crippen LogP contribution in [0.3, 0.4) is 0 Å². The fraction of sp³-hybridized carbons (Fsp3) is 1.00. The Balaban J connectivity index is 2.35. The van der Waals surface area contributed by atoms with Gasteiger partial charge in [-0.15, -0.1) is 0 Å². The Morgan fingerprint density at radius 2 is 1.56 bits per heavy atom. The molecule has 3 unspecified atom stereocenters. The molecule has 0 aliphatic heterocycles. The summed E-state index contributed by atoms with van der Waals surface area (Å²) in [7, 11) is 17.0. The third kappa shape index (κ3) is 1.81. The van der Waals surface area contributed by atoms with Crippen LogP contribution in [0.5, 0.6) is 0 Å². The Bertz CT molecular complexity index is 94.3. The van der Waals surface area contributed by atoms with Crippen LogP contribution >= 0.6 is 0 Å². The standard InChI is InChI=1S/C6H9B3/c7-4-1-2-5(8)6(9)3-4/h4-6H,1-3H2. The molecule has 0 N–H and O–H groups in total. The van der Waals surface area contributed by atoms with Crippen molar-refractivity contribution in [3.8, 4) is 0 Å². The van der Waals surface area contributed by atoms with Crippen LogP contribution in [0.4, 0.5) is 0 Å². The summed E-state index contributed by atoms with van der Waals surface area (Å²) in [6, 6.07) is 0. The van der Waals surface area contributed by atoms with Crippen LogP contribution in [-0.2, 0) is 0 Å². The van der Waals surface area contributed by atoms with E-state index in [-0.39, 0.29) is 11.6 Å². The van der Waals surface area contributed by atoms with Crippen molar-refractivity contribution in [1.29, 1.82) is 0 Å². The van der Waals surface area contributed by atoms with Crippen LogP contribution in [0.15, 0.2) is 0 Å². The molecular formula is C6H9B3. The van der Waals surface area contributed by atoms with Gasteiger partial charge in [-0.05, 0) is 0 Å². The van der Waals surface area contributed by atoms with Crippen LogP contribution < -0.4 is 0 Å². The molecule has 3 atom stereocenters. The zero-order valence-electron chi connectivity index (χ0n) is 5.59. The molecule has 0 amide bonds. The second kappa shape index (κ2) is 2.85. The molecule has 0 aromatic carbocycles. The molecule has 42 valence electrons. The number of hydrogen-bond acceptors (Lipinski definition) is 0. The van der Waals surface area contributed by atoms with Crippen molar-refractivity contribution >= 4 is 23.5 Å². The first kappa shape index (κ1) is 7.30. The van der Waals surface area contributed by atoms with E-state index < -0.39 is 0 Å². The lowest BCUT2D eigenvalue weighted by atomic mass is 9.55. The Kier molecular flexibility index (Phi) is 2.31. The van der Waals surface area contributed by atoms with Crippen LogP contribution in [0.2, 0.25) is 17.5 Å². The Hall–Kier alpha value is 0.195. The summed E-state index contributed by atoms with van der Waals surface area (Å²) in [6.07, 6.45) is 2.92. The molecule has 3 heteroatoms. The average molecular weight is 114 g/mol. The lowest BCUT2D eigenvalue weighted by Gasteiger charge is -2.30. The van der Waals surface area contributed by atoms with E-state index in [0.717, 1.165) is 19.3 Å². The molecule has 0 bridgehead atoms. The topological polar surface area (TPSA) is 0 Å². The summed E-state index contributed by atoms with van der Waals surface area (Å²) in [5.74, 6) is 0.610. The zero-order chi connectivity index (χ0) is 6.85. The molecule has 9 heavy (non-hydrogen) atoms. The van der Waals surface area contributed by atoms with Gasteiger partial charge in [-0.3, -0.25) is 0 Å². The molecule has 0 spiro atoms. The van der Waals surface area contributed by atoms with Crippen LogP contribution in [0.1, 0.15) is 19.3 Å². The van der Waals surface area contributed by atoms with Crippen molar-refractivity contribution in [3.63, 3.8) is 0 Å². The highest BCUT2D eigenvalue weighted by atomic mass is 14.2. The highest BCUT2D eigenvalue weighted by Gasteiger charge is 2.19. The third-order valence-electron chi connectivity index (χ3n) is 2.00. The predicted octanol–water partition coefficient (Wildman–Crippen LogP) is 1.04. The van der Waals surface area contributed by atoms with Gasteiger partial charge >= 0.3 is 0 Å². The van der Waals surface area contributed by atoms with Gasteiger partial charge in [0.1, 0.15) is 0 Å². The molecular weight excluding hydrogens is 105 g/mol. The van der Waals surface area contributed by atoms with Gasteiger partial charge < -0.3 is 0 Å². The first-order valence-corrected chi connectivity index (χ1v) is 3.47. The van der Waals surface area contributed by atoms with E-state index >= 15 is 0 Å². The Morgan fingerprint density at radius 3 is 2.00 bits per heavy atom. The lowest BCUT2D eigenvalue weighted by Crippen LogP contribution is -2.13. The lowest BCUT2D eigenvalue weighted by molar-refractivity contribution is 0.504. The first-order valence-electron chi connectivity index (χ1n) is 3.47. The first-order chi connectivity index (χ1) is 4.20. The van der Waals surface area contributed by atoms with Crippen LogP contribution in [-0.4, -0.2) is 23.5 Å². The fourth-order valence-corrected chi connectivity index (χ4v) is 1.26. The fourth-order valence-electron chi connectivity index (χ4n) is 1.26. The maximum atomic E-state index is 5.66. The monoisotopic (exact) mass is 114 g/mol. The van der Waals surface area contributed by atoms with Crippen molar-refractivity contribution in [2.75, 3.05) is 0 Å². The second-order valence-electron chi connectivity index (χ2n) is 2.90. The maximum Gasteiger partial charge on any atom is 0.0699 e. The van der Waals surface area contributed by atoms with Gasteiger partial charge in [0.05, 0.1) is 23.5 Å². The highest BCUT2D eigenvalue weighted by molar-refractivity contribution is 6.22. The van der Waals surface area contributed by atoms with Crippen molar-refractivity contribution in [2.45, 2.75) is 36.7 Å². The Morgan fingerprint density at radius 1 is 0.889 bits per heavy atom. The van der Waals surface area contributed by atoms with Crippen molar-refractivity contribution in [1.82, 2.24) is 0 Å². The smallest absolute Gasteiger partial charge is 0.0699 e. The minimum atomic E-state index is 0.133. The van der Waals surface area contributed by atoms with Gasteiger partial charge in [0.15, 0.2) is 0 Å².